The van der Waals surface area contributed by atoms with E-state index in [4.69, 9.17) is 0 Å². The van der Waals surface area contributed by atoms with E-state index in [-0.39, 0.29) is 5.82 Å². The minimum absolute atomic E-state index is 0.177. The molecule has 0 bridgehead atoms. The van der Waals surface area contributed by atoms with Gasteiger partial charge in [-0.3, -0.25) is 0 Å². The first-order valence-corrected chi connectivity index (χ1v) is 6.11. The zero-order valence-electron chi connectivity index (χ0n) is 9.06. The van der Waals surface area contributed by atoms with Crippen LogP contribution in [0.1, 0.15) is 18.9 Å². The van der Waals surface area contributed by atoms with Crippen molar-refractivity contribution in [1.82, 2.24) is 0 Å². The van der Waals surface area contributed by atoms with Gasteiger partial charge < -0.3 is 4.90 Å². The molecule has 0 amide bonds. The summed E-state index contributed by atoms with van der Waals surface area (Å²) in [4.78, 5) is 2.31. The Morgan fingerprint density at radius 1 is 1.47 bits per heavy atom. The number of nitrogens with zero attached hydrogens (tertiary/aromatic N) is 1. The summed E-state index contributed by atoms with van der Waals surface area (Å²) in [5, 5.41) is 0. The summed E-state index contributed by atoms with van der Waals surface area (Å²) in [5.74, 6) is 0.636. The molecule has 2 rings (SSSR count). The number of aryl methyl sites for hydroxylation is 1. The van der Waals surface area contributed by atoms with E-state index in [0.717, 1.165) is 30.3 Å². The minimum atomic E-state index is -0.177. The van der Waals surface area contributed by atoms with Crippen LogP contribution in [-0.2, 0) is 0 Å². The molecule has 0 atom stereocenters. The lowest BCUT2D eigenvalue weighted by Crippen LogP contribution is -2.46. The van der Waals surface area contributed by atoms with Crippen molar-refractivity contribution in [2.75, 3.05) is 18.0 Å². The van der Waals surface area contributed by atoms with Crippen molar-refractivity contribution in [3.8, 4) is 0 Å². The predicted octanol–water partition coefficient (Wildman–Crippen LogP) is 3.74. The molecular weight excluding hydrogens is 257 g/mol. The maximum Gasteiger partial charge on any atom is 0.137 e. The average Bonchev–Trinajstić information content (AvgIpc) is 2.12. The highest BCUT2D eigenvalue weighted by Gasteiger charge is 2.26. The molecule has 0 spiro atoms. The van der Waals surface area contributed by atoms with E-state index in [0.29, 0.717) is 4.47 Å². The third-order valence-electron chi connectivity index (χ3n) is 3.11. The molecule has 3 heteroatoms. The minimum Gasteiger partial charge on any atom is -0.371 e. The van der Waals surface area contributed by atoms with Gasteiger partial charge in [0.1, 0.15) is 5.82 Å². The van der Waals surface area contributed by atoms with Crippen molar-refractivity contribution >= 4 is 21.6 Å². The maximum absolute atomic E-state index is 13.2. The summed E-state index contributed by atoms with van der Waals surface area (Å²) >= 11 is 3.23. The van der Waals surface area contributed by atoms with E-state index in [1.165, 1.54) is 6.42 Å². The van der Waals surface area contributed by atoms with Gasteiger partial charge >= 0.3 is 0 Å². The van der Waals surface area contributed by atoms with Gasteiger partial charge in [0.05, 0.1) is 4.47 Å². The van der Waals surface area contributed by atoms with Gasteiger partial charge in [-0.2, -0.15) is 0 Å². The molecule has 0 N–H and O–H groups in total. The van der Waals surface area contributed by atoms with E-state index in [2.05, 4.69) is 27.8 Å². The van der Waals surface area contributed by atoms with Crippen molar-refractivity contribution in [3.05, 3.63) is 28.0 Å². The van der Waals surface area contributed by atoms with Crippen molar-refractivity contribution in [2.45, 2.75) is 20.3 Å². The number of halogens is 2. The van der Waals surface area contributed by atoms with Gasteiger partial charge in [0, 0.05) is 18.8 Å². The lowest BCUT2D eigenvalue weighted by molar-refractivity contribution is 0.398. The van der Waals surface area contributed by atoms with Crippen LogP contribution in [-0.4, -0.2) is 13.1 Å². The van der Waals surface area contributed by atoms with E-state index in [1.807, 2.05) is 13.0 Å². The molecule has 0 saturated carbocycles. The molecule has 0 unspecified atom stereocenters. The summed E-state index contributed by atoms with van der Waals surface area (Å²) in [6.07, 6.45) is 1.23. The molecule has 1 aliphatic heterocycles. The Bertz CT molecular complexity index is 372. The highest BCUT2D eigenvalue weighted by Crippen LogP contribution is 2.32. The Hall–Kier alpha value is -0.570. The van der Waals surface area contributed by atoms with E-state index >= 15 is 0 Å². The summed E-state index contributed by atoms with van der Waals surface area (Å²) in [5.41, 5.74) is 2.18. The molecule has 1 heterocycles. The first kappa shape index (κ1) is 10.9. The topological polar surface area (TPSA) is 3.24 Å². The van der Waals surface area contributed by atoms with Gasteiger partial charge in [-0.15, -0.1) is 0 Å². The molecule has 15 heavy (non-hydrogen) atoms. The maximum atomic E-state index is 13.2. The molecule has 0 aromatic heterocycles. The summed E-state index contributed by atoms with van der Waals surface area (Å²) in [6, 6.07) is 3.48. The van der Waals surface area contributed by atoms with Crippen LogP contribution in [0.3, 0.4) is 0 Å². The van der Waals surface area contributed by atoms with Gasteiger partial charge in [-0.25, -0.2) is 4.39 Å². The fraction of sp³-hybridized carbons (Fsp3) is 0.500. The second-order valence-electron chi connectivity index (χ2n) is 4.23. The second kappa shape index (κ2) is 4.12. The van der Waals surface area contributed by atoms with Gasteiger partial charge in [0.15, 0.2) is 0 Å². The smallest absolute Gasteiger partial charge is 0.137 e. The lowest BCUT2D eigenvalue weighted by Gasteiger charge is -2.41. The molecule has 82 valence electrons. The standard InChI is InChI=1S/C12H15BrFN/c1-3-9-6-15(7-9)12-5-10(13)11(14)4-8(12)2/h4-5,9H,3,6-7H2,1-2H3. The Morgan fingerprint density at radius 2 is 2.13 bits per heavy atom. The van der Waals surface area contributed by atoms with Crippen LogP contribution in [0.15, 0.2) is 16.6 Å². The number of hydrogen-bond acceptors (Lipinski definition) is 1. The predicted molar refractivity (Wildman–Crippen MR) is 64.8 cm³/mol. The number of hydrogen-bond donors (Lipinski definition) is 0. The fourth-order valence-corrected chi connectivity index (χ4v) is 2.33. The van der Waals surface area contributed by atoms with Crippen LogP contribution in [0.5, 0.6) is 0 Å². The van der Waals surface area contributed by atoms with Crippen molar-refractivity contribution in [2.24, 2.45) is 5.92 Å². The molecule has 1 aromatic carbocycles. The second-order valence-corrected chi connectivity index (χ2v) is 5.09. The Labute approximate surface area is 98.4 Å². The van der Waals surface area contributed by atoms with Gasteiger partial charge in [-0.1, -0.05) is 6.92 Å². The number of rotatable bonds is 2. The zero-order valence-corrected chi connectivity index (χ0v) is 10.6. The molecule has 1 nitrogen and oxygen atoms in total. The largest absolute Gasteiger partial charge is 0.371 e. The fourth-order valence-electron chi connectivity index (χ4n) is 2.00. The number of anilines is 1. The molecule has 1 aromatic rings. The highest BCUT2D eigenvalue weighted by atomic mass is 79.9. The molecule has 0 aliphatic carbocycles. The molecule has 1 aliphatic rings. The summed E-state index contributed by atoms with van der Waals surface area (Å²) in [7, 11) is 0. The molecule has 1 saturated heterocycles. The zero-order chi connectivity index (χ0) is 11.0. The van der Waals surface area contributed by atoms with Gasteiger partial charge in [-0.05, 0) is 52.9 Å². The van der Waals surface area contributed by atoms with Crippen LogP contribution in [0.25, 0.3) is 0 Å². The van der Waals surface area contributed by atoms with Crippen molar-refractivity contribution in [3.63, 3.8) is 0 Å². The summed E-state index contributed by atoms with van der Waals surface area (Å²) in [6.45, 7) is 6.39. The van der Waals surface area contributed by atoms with Crippen LogP contribution in [0, 0.1) is 18.7 Å². The third-order valence-corrected chi connectivity index (χ3v) is 3.72. The van der Waals surface area contributed by atoms with Crippen LogP contribution >= 0.6 is 15.9 Å². The lowest BCUT2D eigenvalue weighted by atomic mass is 9.95. The number of benzene rings is 1. The Balaban J connectivity index is 2.19. The molecule has 1 fully saturated rings. The van der Waals surface area contributed by atoms with Gasteiger partial charge in [0.2, 0.25) is 0 Å². The van der Waals surface area contributed by atoms with E-state index in [1.54, 1.807) is 6.07 Å². The third kappa shape index (κ3) is 2.03. The Morgan fingerprint density at radius 3 is 2.73 bits per heavy atom. The quantitative estimate of drug-likeness (QED) is 0.792. The van der Waals surface area contributed by atoms with Crippen LogP contribution in [0.4, 0.5) is 10.1 Å². The normalized spacial score (nSPS) is 16.7. The first-order chi connectivity index (χ1) is 7.11. The van der Waals surface area contributed by atoms with Crippen LogP contribution < -0.4 is 4.90 Å². The summed E-state index contributed by atoms with van der Waals surface area (Å²) < 4.78 is 13.8. The van der Waals surface area contributed by atoms with Gasteiger partial charge in [0.25, 0.3) is 0 Å². The SMILES string of the molecule is CCC1CN(c2cc(Br)c(F)cc2C)C1. The van der Waals surface area contributed by atoms with Crippen molar-refractivity contribution in [1.29, 1.82) is 0 Å². The highest BCUT2D eigenvalue weighted by molar-refractivity contribution is 9.10. The van der Waals surface area contributed by atoms with E-state index in [9.17, 15) is 4.39 Å². The average molecular weight is 272 g/mol. The molecule has 0 radical (unpaired) electrons. The van der Waals surface area contributed by atoms with Crippen molar-refractivity contribution < 1.29 is 4.39 Å². The first-order valence-electron chi connectivity index (χ1n) is 5.32. The Kier molecular flexibility index (Phi) is 3.01. The van der Waals surface area contributed by atoms with Crippen LogP contribution in [0.2, 0.25) is 0 Å². The molecular formula is C12H15BrFN. The monoisotopic (exact) mass is 271 g/mol. The van der Waals surface area contributed by atoms with E-state index < -0.39 is 0 Å².